The van der Waals surface area contributed by atoms with E-state index < -0.39 is 10.0 Å². The molecule has 0 radical (unpaired) electrons. The lowest BCUT2D eigenvalue weighted by Crippen LogP contribution is -2.40. The van der Waals surface area contributed by atoms with Crippen LogP contribution >= 0.6 is 0 Å². The van der Waals surface area contributed by atoms with Crippen LogP contribution in [0.3, 0.4) is 0 Å². The number of hydrogen-bond acceptors (Lipinski definition) is 4. The van der Waals surface area contributed by atoms with E-state index in [-0.39, 0.29) is 12.0 Å². The van der Waals surface area contributed by atoms with Gasteiger partial charge in [0.25, 0.3) is 0 Å². The molecule has 1 aromatic heterocycles. The number of hydrogen-bond donors (Lipinski definition) is 1. The van der Waals surface area contributed by atoms with Gasteiger partial charge in [0, 0.05) is 24.7 Å². The number of aromatic nitrogens is 1. The fraction of sp³-hybridized carbons (Fsp3) is 0.438. The van der Waals surface area contributed by atoms with Gasteiger partial charge in [0.15, 0.2) is 0 Å². The van der Waals surface area contributed by atoms with Crippen LogP contribution in [0.4, 0.5) is 0 Å². The van der Waals surface area contributed by atoms with E-state index >= 15 is 0 Å². The molecule has 2 heterocycles. The van der Waals surface area contributed by atoms with E-state index in [1.807, 2.05) is 6.07 Å². The van der Waals surface area contributed by atoms with Crippen LogP contribution in [0.5, 0.6) is 0 Å². The van der Waals surface area contributed by atoms with Crippen LogP contribution in [0.1, 0.15) is 19.8 Å². The maximum atomic E-state index is 12.9. The quantitative estimate of drug-likeness (QED) is 0.939. The molecule has 2 aromatic rings. The molecule has 3 rings (SSSR count). The molecule has 6 heteroatoms. The first kappa shape index (κ1) is 15.4. The van der Waals surface area contributed by atoms with Crippen molar-refractivity contribution in [2.45, 2.75) is 30.8 Å². The topological polar surface area (TPSA) is 70.5 Å². The average molecular weight is 320 g/mol. The highest BCUT2D eigenvalue weighted by Gasteiger charge is 2.31. The molecule has 0 spiro atoms. The second-order valence-electron chi connectivity index (χ2n) is 5.81. The van der Waals surface area contributed by atoms with Gasteiger partial charge >= 0.3 is 0 Å². The highest BCUT2D eigenvalue weighted by atomic mass is 32.2. The van der Waals surface area contributed by atoms with Gasteiger partial charge in [0.2, 0.25) is 10.0 Å². The third kappa shape index (κ3) is 2.74. The number of piperidine rings is 1. The van der Waals surface area contributed by atoms with Gasteiger partial charge in [0.05, 0.1) is 16.5 Å². The van der Waals surface area contributed by atoms with Gasteiger partial charge < -0.3 is 5.11 Å². The van der Waals surface area contributed by atoms with E-state index in [4.69, 9.17) is 0 Å². The van der Waals surface area contributed by atoms with Crippen molar-refractivity contribution in [3.63, 3.8) is 0 Å². The van der Waals surface area contributed by atoms with Gasteiger partial charge in [-0.2, -0.15) is 4.31 Å². The molecule has 1 saturated heterocycles. The number of rotatable bonds is 3. The predicted octanol–water partition coefficient (Wildman–Crippen LogP) is 2.02. The number of nitrogens with zero attached hydrogens (tertiary/aromatic N) is 2. The molecule has 1 fully saturated rings. The molecule has 22 heavy (non-hydrogen) atoms. The van der Waals surface area contributed by atoms with Gasteiger partial charge in [-0.05, 0) is 49.9 Å². The minimum absolute atomic E-state index is 0.181. The van der Waals surface area contributed by atoms with Gasteiger partial charge in [-0.15, -0.1) is 0 Å². The average Bonchev–Trinajstić information content (AvgIpc) is 2.54. The van der Waals surface area contributed by atoms with Crippen LogP contribution in [0, 0.1) is 5.92 Å². The first-order valence-corrected chi connectivity index (χ1v) is 8.96. The minimum Gasteiger partial charge on any atom is -0.393 e. The molecule has 1 N–H and O–H groups in total. The molecule has 1 aliphatic rings. The first-order chi connectivity index (χ1) is 10.5. The zero-order valence-corrected chi connectivity index (χ0v) is 13.3. The van der Waals surface area contributed by atoms with Crippen LogP contribution in [-0.2, 0) is 10.0 Å². The zero-order chi connectivity index (χ0) is 15.7. The Kier molecular flexibility index (Phi) is 4.16. The Labute approximate surface area is 130 Å². The minimum atomic E-state index is -3.53. The molecule has 118 valence electrons. The van der Waals surface area contributed by atoms with E-state index in [0.29, 0.717) is 41.7 Å². The molecule has 1 atom stereocenters. The standard InChI is InChI=1S/C16H20N2O3S/c1-12(19)13-7-10-18(11-8-13)22(20,21)16-6-2-5-15-14(16)4-3-9-17-15/h2-6,9,12-13,19H,7-8,10-11H2,1H3. The summed E-state index contributed by atoms with van der Waals surface area (Å²) in [6.07, 6.45) is 2.67. The highest BCUT2D eigenvalue weighted by molar-refractivity contribution is 7.89. The molecule has 0 amide bonds. The number of sulfonamides is 1. The summed E-state index contributed by atoms with van der Waals surface area (Å²) in [7, 11) is -3.53. The first-order valence-electron chi connectivity index (χ1n) is 7.52. The van der Waals surface area contributed by atoms with Crippen molar-refractivity contribution in [1.82, 2.24) is 9.29 Å². The van der Waals surface area contributed by atoms with E-state index in [1.54, 1.807) is 37.4 Å². The molecule has 0 bridgehead atoms. The van der Waals surface area contributed by atoms with Gasteiger partial charge in [-0.1, -0.05) is 6.07 Å². The van der Waals surface area contributed by atoms with Crippen molar-refractivity contribution in [1.29, 1.82) is 0 Å². The summed E-state index contributed by atoms with van der Waals surface area (Å²) >= 11 is 0. The molecule has 1 unspecified atom stereocenters. The Morgan fingerprint density at radius 2 is 1.95 bits per heavy atom. The third-order valence-electron chi connectivity index (χ3n) is 4.40. The lowest BCUT2D eigenvalue weighted by Gasteiger charge is -2.32. The van der Waals surface area contributed by atoms with Crippen molar-refractivity contribution >= 4 is 20.9 Å². The highest BCUT2D eigenvalue weighted by Crippen LogP contribution is 2.29. The Balaban J connectivity index is 1.93. The fourth-order valence-corrected chi connectivity index (χ4v) is 4.71. The van der Waals surface area contributed by atoms with Crippen molar-refractivity contribution in [2.24, 2.45) is 5.92 Å². The van der Waals surface area contributed by atoms with Gasteiger partial charge in [-0.3, -0.25) is 4.98 Å². The monoisotopic (exact) mass is 320 g/mol. The number of benzene rings is 1. The van der Waals surface area contributed by atoms with E-state index in [2.05, 4.69) is 4.98 Å². The Hall–Kier alpha value is -1.50. The van der Waals surface area contributed by atoms with E-state index in [9.17, 15) is 13.5 Å². The summed E-state index contributed by atoms with van der Waals surface area (Å²) < 4.78 is 27.3. The van der Waals surface area contributed by atoms with Crippen LogP contribution in [0.25, 0.3) is 10.9 Å². The molecule has 1 aromatic carbocycles. The Bertz CT molecular complexity index is 761. The van der Waals surface area contributed by atoms with Crippen molar-refractivity contribution in [3.05, 3.63) is 36.5 Å². The number of fused-ring (bicyclic) bond motifs is 1. The number of aliphatic hydroxyl groups excluding tert-OH is 1. The lowest BCUT2D eigenvalue weighted by molar-refractivity contribution is 0.0912. The number of aliphatic hydroxyl groups is 1. The van der Waals surface area contributed by atoms with Gasteiger partial charge in [0.1, 0.15) is 0 Å². The zero-order valence-electron chi connectivity index (χ0n) is 12.5. The summed E-state index contributed by atoms with van der Waals surface area (Å²) in [5.74, 6) is 0.181. The van der Waals surface area contributed by atoms with Crippen LogP contribution in [0.2, 0.25) is 0 Å². The molecule has 0 saturated carbocycles. The normalized spacial score (nSPS) is 19.4. The van der Waals surface area contributed by atoms with E-state index in [1.165, 1.54) is 4.31 Å². The smallest absolute Gasteiger partial charge is 0.243 e. The Morgan fingerprint density at radius 1 is 1.23 bits per heavy atom. The molecular weight excluding hydrogens is 300 g/mol. The summed E-state index contributed by atoms with van der Waals surface area (Å²) in [4.78, 5) is 4.53. The third-order valence-corrected chi connectivity index (χ3v) is 6.36. The van der Waals surface area contributed by atoms with Gasteiger partial charge in [-0.25, -0.2) is 8.42 Å². The second-order valence-corrected chi connectivity index (χ2v) is 7.71. The van der Waals surface area contributed by atoms with Crippen molar-refractivity contribution < 1.29 is 13.5 Å². The van der Waals surface area contributed by atoms with Crippen LogP contribution in [-0.4, -0.2) is 42.0 Å². The second kappa shape index (κ2) is 5.95. The fourth-order valence-electron chi connectivity index (χ4n) is 3.04. The molecule has 5 nitrogen and oxygen atoms in total. The number of pyridine rings is 1. The summed E-state index contributed by atoms with van der Waals surface area (Å²) in [6.45, 7) is 2.67. The van der Waals surface area contributed by atoms with Crippen LogP contribution in [0.15, 0.2) is 41.4 Å². The summed E-state index contributed by atoms with van der Waals surface area (Å²) in [5, 5.41) is 10.3. The van der Waals surface area contributed by atoms with Crippen molar-refractivity contribution in [2.75, 3.05) is 13.1 Å². The summed E-state index contributed by atoms with van der Waals surface area (Å²) in [5.41, 5.74) is 0.683. The Morgan fingerprint density at radius 3 is 2.64 bits per heavy atom. The maximum Gasteiger partial charge on any atom is 0.243 e. The predicted molar refractivity (Wildman–Crippen MR) is 84.9 cm³/mol. The SMILES string of the molecule is CC(O)C1CCN(S(=O)(=O)c2cccc3ncccc23)CC1. The van der Waals surface area contributed by atoms with E-state index in [0.717, 1.165) is 0 Å². The van der Waals surface area contributed by atoms with Crippen molar-refractivity contribution in [3.8, 4) is 0 Å². The van der Waals surface area contributed by atoms with Crippen LogP contribution < -0.4 is 0 Å². The summed E-state index contributed by atoms with van der Waals surface area (Å²) in [6, 6.07) is 8.72. The molecular formula is C16H20N2O3S. The molecule has 1 aliphatic heterocycles. The largest absolute Gasteiger partial charge is 0.393 e. The molecule has 0 aliphatic carbocycles. The maximum absolute atomic E-state index is 12.9. The lowest BCUT2D eigenvalue weighted by atomic mass is 9.93.